The second-order valence-corrected chi connectivity index (χ2v) is 7.78. The minimum Gasteiger partial charge on any atom is -0.306 e. The standard InChI is InChI=1S/C17H18ClNS2/c1-3-8-19-16(15-9-11(2)17(18)21-15)13-10-20-14-7-5-4-6-12(13)14/h4-7,9-10,16,19H,3,8H2,1-2H3. The van der Waals surface area contributed by atoms with Gasteiger partial charge in [0.05, 0.1) is 10.4 Å². The fourth-order valence-corrected chi connectivity index (χ4v) is 4.80. The molecule has 1 atom stereocenters. The quantitative estimate of drug-likeness (QED) is 0.601. The molecule has 3 aromatic rings. The van der Waals surface area contributed by atoms with Crippen LogP contribution in [0.5, 0.6) is 0 Å². The second kappa shape index (κ2) is 6.49. The van der Waals surface area contributed by atoms with Gasteiger partial charge in [-0.3, -0.25) is 0 Å². The van der Waals surface area contributed by atoms with Crippen LogP contribution in [0.15, 0.2) is 35.7 Å². The molecule has 0 aliphatic heterocycles. The fraction of sp³-hybridized carbons (Fsp3) is 0.294. The number of thiophene rings is 2. The summed E-state index contributed by atoms with van der Waals surface area (Å²) in [5, 5.41) is 7.30. The Bertz CT molecular complexity index is 725. The maximum Gasteiger partial charge on any atom is 0.0961 e. The van der Waals surface area contributed by atoms with Gasteiger partial charge in [-0.15, -0.1) is 22.7 Å². The number of fused-ring (bicyclic) bond motifs is 1. The summed E-state index contributed by atoms with van der Waals surface area (Å²) >= 11 is 9.78. The first-order chi connectivity index (χ1) is 10.2. The van der Waals surface area contributed by atoms with Gasteiger partial charge in [0.15, 0.2) is 0 Å². The lowest BCUT2D eigenvalue weighted by atomic mass is 10.0. The van der Waals surface area contributed by atoms with Crippen LogP contribution in [0.3, 0.4) is 0 Å². The van der Waals surface area contributed by atoms with Crippen LogP contribution in [-0.2, 0) is 0 Å². The predicted molar refractivity (Wildman–Crippen MR) is 96.0 cm³/mol. The molecular weight excluding hydrogens is 318 g/mol. The summed E-state index contributed by atoms with van der Waals surface area (Å²) in [4.78, 5) is 1.30. The van der Waals surface area contributed by atoms with E-state index in [0.717, 1.165) is 17.3 Å². The fourth-order valence-electron chi connectivity index (χ4n) is 2.50. The van der Waals surface area contributed by atoms with Crippen molar-refractivity contribution in [1.82, 2.24) is 5.32 Å². The number of hydrogen-bond donors (Lipinski definition) is 1. The zero-order valence-corrected chi connectivity index (χ0v) is 14.5. The van der Waals surface area contributed by atoms with Gasteiger partial charge in [0.2, 0.25) is 0 Å². The minimum atomic E-state index is 0.234. The molecule has 0 radical (unpaired) electrons. The first-order valence-electron chi connectivity index (χ1n) is 7.16. The summed E-state index contributed by atoms with van der Waals surface area (Å²) in [7, 11) is 0. The highest BCUT2D eigenvalue weighted by Gasteiger charge is 2.20. The van der Waals surface area contributed by atoms with Gasteiger partial charge in [0.1, 0.15) is 0 Å². The van der Waals surface area contributed by atoms with Crippen molar-refractivity contribution in [3.8, 4) is 0 Å². The number of nitrogens with one attached hydrogen (secondary N) is 1. The Morgan fingerprint density at radius 3 is 2.81 bits per heavy atom. The van der Waals surface area contributed by atoms with Gasteiger partial charge in [0.25, 0.3) is 0 Å². The highest BCUT2D eigenvalue weighted by molar-refractivity contribution is 7.17. The molecule has 4 heteroatoms. The molecule has 0 saturated carbocycles. The average Bonchev–Trinajstić information content (AvgIpc) is 3.05. The lowest BCUT2D eigenvalue weighted by Gasteiger charge is -2.17. The third kappa shape index (κ3) is 3.02. The number of halogens is 1. The minimum absolute atomic E-state index is 0.234. The third-order valence-corrected chi connectivity index (χ3v) is 6.18. The Balaban J connectivity index is 2.06. The summed E-state index contributed by atoms with van der Waals surface area (Å²) in [6.07, 6.45) is 1.12. The van der Waals surface area contributed by atoms with Crippen LogP contribution in [-0.4, -0.2) is 6.54 Å². The molecule has 0 bridgehead atoms. The Kier molecular flexibility index (Phi) is 4.65. The molecule has 0 aliphatic carbocycles. The lowest BCUT2D eigenvalue weighted by molar-refractivity contribution is 0.610. The largest absolute Gasteiger partial charge is 0.306 e. The molecule has 2 heterocycles. The van der Waals surface area contributed by atoms with Gasteiger partial charge >= 0.3 is 0 Å². The van der Waals surface area contributed by atoms with Crippen LogP contribution < -0.4 is 5.32 Å². The van der Waals surface area contributed by atoms with Crippen LogP contribution in [0.2, 0.25) is 4.34 Å². The molecule has 1 nitrogen and oxygen atoms in total. The van der Waals surface area contributed by atoms with Gasteiger partial charge in [0, 0.05) is 9.58 Å². The van der Waals surface area contributed by atoms with Gasteiger partial charge < -0.3 is 5.32 Å². The topological polar surface area (TPSA) is 12.0 Å². The highest BCUT2D eigenvalue weighted by atomic mass is 35.5. The second-order valence-electron chi connectivity index (χ2n) is 5.18. The number of rotatable bonds is 5. The normalized spacial score (nSPS) is 12.9. The summed E-state index contributed by atoms with van der Waals surface area (Å²) in [6.45, 7) is 5.27. The van der Waals surface area contributed by atoms with E-state index in [1.165, 1.54) is 26.1 Å². The first-order valence-corrected chi connectivity index (χ1v) is 9.23. The van der Waals surface area contributed by atoms with E-state index in [9.17, 15) is 0 Å². The Labute approximate surface area is 138 Å². The zero-order chi connectivity index (χ0) is 14.8. The van der Waals surface area contributed by atoms with E-state index < -0.39 is 0 Å². The molecule has 2 aromatic heterocycles. The monoisotopic (exact) mass is 335 g/mol. The summed E-state index contributed by atoms with van der Waals surface area (Å²) in [5.74, 6) is 0. The maximum absolute atomic E-state index is 6.28. The Morgan fingerprint density at radius 1 is 1.29 bits per heavy atom. The Hall–Kier alpha value is -0.870. The predicted octanol–water partition coefficient (Wildman–Crippen LogP) is 6.01. The summed E-state index contributed by atoms with van der Waals surface area (Å²) in [6, 6.07) is 11.1. The van der Waals surface area contributed by atoms with Crippen molar-refractivity contribution in [2.75, 3.05) is 6.54 Å². The molecule has 0 aliphatic rings. The highest BCUT2D eigenvalue weighted by Crippen LogP contribution is 2.38. The first kappa shape index (κ1) is 15.0. The molecule has 0 saturated heterocycles. The van der Waals surface area contributed by atoms with Crippen molar-refractivity contribution in [2.45, 2.75) is 26.3 Å². The average molecular weight is 336 g/mol. The van der Waals surface area contributed by atoms with E-state index in [2.05, 4.69) is 54.9 Å². The van der Waals surface area contributed by atoms with Crippen molar-refractivity contribution in [1.29, 1.82) is 0 Å². The Morgan fingerprint density at radius 2 is 2.10 bits per heavy atom. The molecule has 0 amide bonds. The molecule has 1 unspecified atom stereocenters. The van der Waals surface area contributed by atoms with Crippen LogP contribution in [0.1, 0.15) is 35.4 Å². The molecule has 0 spiro atoms. The summed E-state index contributed by atoms with van der Waals surface area (Å²) in [5.41, 5.74) is 2.53. The van der Waals surface area contributed by atoms with E-state index in [0.29, 0.717) is 0 Å². The molecule has 1 aromatic carbocycles. The van der Waals surface area contributed by atoms with Gasteiger partial charge in [-0.1, -0.05) is 36.7 Å². The third-order valence-electron chi connectivity index (χ3n) is 3.58. The van der Waals surface area contributed by atoms with Crippen LogP contribution in [0, 0.1) is 6.92 Å². The molecule has 1 N–H and O–H groups in total. The van der Waals surface area contributed by atoms with Gasteiger partial charge in [-0.25, -0.2) is 0 Å². The van der Waals surface area contributed by atoms with E-state index >= 15 is 0 Å². The van der Waals surface area contributed by atoms with Crippen LogP contribution in [0.4, 0.5) is 0 Å². The summed E-state index contributed by atoms with van der Waals surface area (Å²) < 4.78 is 2.24. The van der Waals surface area contributed by atoms with Gasteiger partial charge in [-0.2, -0.15) is 0 Å². The van der Waals surface area contributed by atoms with Crippen molar-refractivity contribution >= 4 is 44.4 Å². The lowest BCUT2D eigenvalue weighted by Crippen LogP contribution is -2.22. The number of benzene rings is 1. The van der Waals surface area contributed by atoms with E-state index in [1.54, 1.807) is 11.3 Å². The molecule has 110 valence electrons. The van der Waals surface area contributed by atoms with Crippen molar-refractivity contribution in [2.24, 2.45) is 0 Å². The smallest absolute Gasteiger partial charge is 0.0961 e. The van der Waals surface area contributed by atoms with Crippen molar-refractivity contribution in [3.63, 3.8) is 0 Å². The van der Waals surface area contributed by atoms with E-state index in [1.807, 2.05) is 11.3 Å². The van der Waals surface area contributed by atoms with Crippen LogP contribution in [0.25, 0.3) is 10.1 Å². The molecule has 3 rings (SSSR count). The van der Waals surface area contributed by atoms with Crippen molar-refractivity contribution < 1.29 is 0 Å². The van der Waals surface area contributed by atoms with E-state index in [4.69, 9.17) is 11.6 Å². The van der Waals surface area contributed by atoms with Crippen LogP contribution >= 0.6 is 34.3 Å². The van der Waals surface area contributed by atoms with Gasteiger partial charge in [-0.05, 0) is 53.9 Å². The zero-order valence-electron chi connectivity index (χ0n) is 12.2. The van der Waals surface area contributed by atoms with E-state index in [-0.39, 0.29) is 6.04 Å². The maximum atomic E-state index is 6.28. The number of aryl methyl sites for hydroxylation is 1. The molecule has 21 heavy (non-hydrogen) atoms. The number of hydrogen-bond acceptors (Lipinski definition) is 3. The molecular formula is C17H18ClNS2. The molecule has 0 fully saturated rings. The van der Waals surface area contributed by atoms with Crippen molar-refractivity contribution in [3.05, 3.63) is 56.1 Å². The SMILES string of the molecule is CCCNC(c1cc(C)c(Cl)s1)c1csc2ccccc12.